The molecule has 0 aromatic heterocycles. The zero-order valence-electron chi connectivity index (χ0n) is 11.3. The Morgan fingerprint density at radius 2 is 2.05 bits per heavy atom. The lowest BCUT2D eigenvalue weighted by Gasteiger charge is -2.10. The van der Waals surface area contributed by atoms with Gasteiger partial charge < -0.3 is 15.6 Å². The van der Waals surface area contributed by atoms with E-state index in [1.165, 1.54) is 0 Å². The second-order valence-electron chi connectivity index (χ2n) is 4.60. The van der Waals surface area contributed by atoms with Crippen LogP contribution in [-0.2, 0) is 13.2 Å². The molecular formula is C16H17NO2S. The third-order valence-corrected chi connectivity index (χ3v) is 3.34. The molecule has 3 nitrogen and oxygen atoms in total. The largest absolute Gasteiger partial charge is 0.489 e. The van der Waals surface area contributed by atoms with Gasteiger partial charge >= 0.3 is 0 Å². The number of hydrogen-bond donors (Lipinski definition) is 2. The number of rotatable bonds is 5. The summed E-state index contributed by atoms with van der Waals surface area (Å²) < 4.78 is 5.74. The number of hydrogen-bond acceptors (Lipinski definition) is 3. The van der Waals surface area contributed by atoms with Crippen LogP contribution in [0, 0.1) is 6.92 Å². The molecule has 0 spiro atoms. The van der Waals surface area contributed by atoms with Crippen molar-refractivity contribution in [3.05, 3.63) is 64.7 Å². The zero-order chi connectivity index (χ0) is 14.5. The third kappa shape index (κ3) is 3.56. The Hall–Kier alpha value is -1.91. The maximum atomic E-state index is 9.09. The van der Waals surface area contributed by atoms with E-state index in [0.29, 0.717) is 11.6 Å². The minimum absolute atomic E-state index is 0.0128. The van der Waals surface area contributed by atoms with E-state index in [0.717, 1.165) is 28.0 Å². The van der Waals surface area contributed by atoms with E-state index in [1.807, 2.05) is 49.4 Å². The quantitative estimate of drug-likeness (QED) is 0.830. The minimum atomic E-state index is 0.0128. The van der Waals surface area contributed by atoms with E-state index in [9.17, 15) is 0 Å². The Morgan fingerprint density at radius 3 is 2.70 bits per heavy atom. The Morgan fingerprint density at radius 1 is 1.25 bits per heavy atom. The summed E-state index contributed by atoms with van der Waals surface area (Å²) in [7, 11) is 0. The normalized spacial score (nSPS) is 10.3. The second kappa shape index (κ2) is 6.50. The molecule has 3 N–H and O–H groups in total. The van der Waals surface area contributed by atoms with Crippen LogP contribution in [0.3, 0.4) is 0 Å². The van der Waals surface area contributed by atoms with Crippen LogP contribution in [-0.4, -0.2) is 10.1 Å². The standard InChI is InChI=1S/C16H17NO2S/c1-11-7-13(16(17)20)5-6-14(11)10-19-15-4-2-3-12(8-15)9-18/h2-8,18H,9-10H2,1H3,(H2,17,20). The SMILES string of the molecule is Cc1cc(C(N)=S)ccc1COc1cccc(CO)c1. The van der Waals surface area contributed by atoms with E-state index in [4.69, 9.17) is 27.8 Å². The number of ether oxygens (including phenoxy) is 1. The smallest absolute Gasteiger partial charge is 0.120 e. The van der Waals surface area contributed by atoms with E-state index < -0.39 is 0 Å². The van der Waals surface area contributed by atoms with E-state index in [-0.39, 0.29) is 6.61 Å². The monoisotopic (exact) mass is 287 g/mol. The Labute approximate surface area is 124 Å². The Bertz CT molecular complexity index is 626. The van der Waals surface area contributed by atoms with Crippen molar-refractivity contribution >= 4 is 17.2 Å². The van der Waals surface area contributed by atoms with Gasteiger partial charge in [0.2, 0.25) is 0 Å². The lowest BCUT2D eigenvalue weighted by Crippen LogP contribution is -2.10. The Balaban J connectivity index is 2.08. The van der Waals surface area contributed by atoms with Crippen molar-refractivity contribution in [2.45, 2.75) is 20.1 Å². The highest BCUT2D eigenvalue weighted by atomic mass is 32.1. The molecule has 0 aliphatic heterocycles. The molecule has 0 aliphatic rings. The average Bonchev–Trinajstić information content (AvgIpc) is 2.46. The fourth-order valence-electron chi connectivity index (χ4n) is 1.91. The molecule has 0 heterocycles. The van der Waals surface area contributed by atoms with Crippen LogP contribution in [0.15, 0.2) is 42.5 Å². The van der Waals surface area contributed by atoms with Crippen molar-refractivity contribution in [1.82, 2.24) is 0 Å². The van der Waals surface area contributed by atoms with E-state index in [2.05, 4.69) is 0 Å². The fourth-order valence-corrected chi connectivity index (χ4v) is 2.03. The first-order chi connectivity index (χ1) is 9.60. The van der Waals surface area contributed by atoms with Crippen molar-refractivity contribution < 1.29 is 9.84 Å². The van der Waals surface area contributed by atoms with Gasteiger partial charge in [0.25, 0.3) is 0 Å². The molecule has 20 heavy (non-hydrogen) atoms. The molecule has 0 atom stereocenters. The molecule has 0 aliphatic carbocycles. The van der Waals surface area contributed by atoms with Crippen molar-refractivity contribution in [3.8, 4) is 5.75 Å². The van der Waals surface area contributed by atoms with Crippen LogP contribution in [0.1, 0.15) is 22.3 Å². The molecule has 2 aromatic carbocycles. The lowest BCUT2D eigenvalue weighted by atomic mass is 10.1. The van der Waals surface area contributed by atoms with Crippen molar-refractivity contribution in [2.75, 3.05) is 0 Å². The molecule has 0 unspecified atom stereocenters. The second-order valence-corrected chi connectivity index (χ2v) is 5.04. The molecule has 2 aromatic rings. The summed E-state index contributed by atoms with van der Waals surface area (Å²) in [5.41, 5.74) is 9.48. The summed E-state index contributed by atoms with van der Waals surface area (Å²) in [6.45, 7) is 2.49. The summed E-state index contributed by atoms with van der Waals surface area (Å²) in [6, 6.07) is 13.3. The third-order valence-electron chi connectivity index (χ3n) is 3.10. The highest BCUT2D eigenvalue weighted by Crippen LogP contribution is 2.17. The summed E-state index contributed by atoms with van der Waals surface area (Å²) >= 11 is 4.96. The first-order valence-electron chi connectivity index (χ1n) is 6.32. The fraction of sp³-hybridized carbons (Fsp3) is 0.188. The summed E-state index contributed by atoms with van der Waals surface area (Å²) in [5, 5.41) is 9.09. The van der Waals surface area contributed by atoms with Crippen LogP contribution in [0.4, 0.5) is 0 Å². The van der Waals surface area contributed by atoms with Crippen LogP contribution < -0.4 is 10.5 Å². The van der Waals surface area contributed by atoms with Gasteiger partial charge in [-0.15, -0.1) is 0 Å². The summed E-state index contributed by atoms with van der Waals surface area (Å²) in [6.07, 6.45) is 0. The van der Waals surface area contributed by atoms with Crippen LogP contribution >= 0.6 is 12.2 Å². The molecule has 0 bridgehead atoms. The van der Waals surface area contributed by atoms with Crippen LogP contribution in [0.2, 0.25) is 0 Å². The molecular weight excluding hydrogens is 270 g/mol. The van der Waals surface area contributed by atoms with Gasteiger partial charge in [0.05, 0.1) is 6.61 Å². The predicted molar refractivity (Wildman–Crippen MR) is 83.8 cm³/mol. The van der Waals surface area contributed by atoms with Crippen molar-refractivity contribution in [2.24, 2.45) is 5.73 Å². The van der Waals surface area contributed by atoms with Crippen molar-refractivity contribution in [3.63, 3.8) is 0 Å². The minimum Gasteiger partial charge on any atom is -0.489 e. The molecule has 0 fully saturated rings. The van der Waals surface area contributed by atoms with Gasteiger partial charge in [-0.05, 0) is 41.8 Å². The van der Waals surface area contributed by atoms with Crippen LogP contribution in [0.5, 0.6) is 5.75 Å². The first kappa shape index (κ1) is 14.5. The van der Waals surface area contributed by atoms with Gasteiger partial charge in [-0.2, -0.15) is 0 Å². The molecule has 4 heteroatoms. The molecule has 0 saturated carbocycles. The van der Waals surface area contributed by atoms with E-state index in [1.54, 1.807) is 0 Å². The summed E-state index contributed by atoms with van der Waals surface area (Å²) in [5.74, 6) is 0.745. The van der Waals surface area contributed by atoms with Gasteiger partial charge in [-0.3, -0.25) is 0 Å². The van der Waals surface area contributed by atoms with Gasteiger partial charge in [0.1, 0.15) is 17.3 Å². The lowest BCUT2D eigenvalue weighted by molar-refractivity contribution is 0.278. The Kier molecular flexibility index (Phi) is 4.71. The molecule has 0 saturated heterocycles. The van der Waals surface area contributed by atoms with Crippen molar-refractivity contribution in [1.29, 1.82) is 0 Å². The molecule has 104 valence electrons. The first-order valence-corrected chi connectivity index (χ1v) is 6.73. The maximum absolute atomic E-state index is 9.09. The maximum Gasteiger partial charge on any atom is 0.120 e. The van der Waals surface area contributed by atoms with Gasteiger partial charge in [0.15, 0.2) is 0 Å². The van der Waals surface area contributed by atoms with Crippen LogP contribution in [0.25, 0.3) is 0 Å². The molecule has 0 radical (unpaired) electrons. The average molecular weight is 287 g/mol. The number of aryl methyl sites for hydroxylation is 1. The number of aliphatic hydroxyl groups is 1. The number of nitrogens with two attached hydrogens (primary N) is 1. The summed E-state index contributed by atoms with van der Waals surface area (Å²) in [4.78, 5) is 0.399. The topological polar surface area (TPSA) is 55.5 Å². The number of aliphatic hydroxyl groups excluding tert-OH is 1. The highest BCUT2D eigenvalue weighted by Gasteiger charge is 2.03. The molecule has 0 amide bonds. The highest BCUT2D eigenvalue weighted by molar-refractivity contribution is 7.80. The number of benzene rings is 2. The van der Waals surface area contributed by atoms with Gasteiger partial charge in [-0.25, -0.2) is 0 Å². The van der Waals surface area contributed by atoms with E-state index >= 15 is 0 Å². The van der Waals surface area contributed by atoms with Gasteiger partial charge in [-0.1, -0.05) is 36.5 Å². The number of thiocarbonyl (C=S) groups is 1. The van der Waals surface area contributed by atoms with Gasteiger partial charge in [0, 0.05) is 5.56 Å². The predicted octanol–water partition coefficient (Wildman–Crippen LogP) is 2.70. The molecule has 2 rings (SSSR count). The zero-order valence-corrected chi connectivity index (χ0v) is 12.1.